The Kier molecular flexibility index (Phi) is 4.30. The lowest BCUT2D eigenvalue weighted by atomic mass is 10.0. The number of carbonyl (C=O) groups is 1. The van der Waals surface area contributed by atoms with E-state index in [1.807, 2.05) is 32.0 Å². The highest BCUT2D eigenvalue weighted by atomic mass is 16.7. The lowest BCUT2D eigenvalue weighted by Gasteiger charge is -2.18. The predicted molar refractivity (Wildman–Crippen MR) is 73.2 cm³/mol. The maximum Gasteiger partial charge on any atom is 0.231 e. The summed E-state index contributed by atoms with van der Waals surface area (Å²) in [5.74, 6) is 1.68. The van der Waals surface area contributed by atoms with Gasteiger partial charge in [-0.15, -0.1) is 0 Å². The first-order valence-corrected chi connectivity index (χ1v) is 6.81. The quantitative estimate of drug-likeness (QED) is 0.888. The van der Waals surface area contributed by atoms with E-state index in [9.17, 15) is 4.79 Å². The van der Waals surface area contributed by atoms with E-state index in [4.69, 9.17) is 9.47 Å². The number of rotatable bonds is 5. The normalized spacial score (nSPS) is 15.9. The molecule has 1 amide bonds. The minimum atomic E-state index is -0.0266. The molecular weight excluding hydrogens is 242 g/mol. The van der Waals surface area contributed by atoms with Crippen LogP contribution in [0.15, 0.2) is 18.2 Å². The standard InChI is InChI=1S/C15H21NO3/c1-4-5-10(2)15(17)16-11(3)12-6-7-13-14(8-12)19-9-18-13/h6-8,10-11H,4-5,9H2,1-3H3,(H,16,17). The Morgan fingerprint density at radius 2 is 2.05 bits per heavy atom. The molecule has 0 saturated heterocycles. The molecule has 1 heterocycles. The van der Waals surface area contributed by atoms with Crippen LogP contribution in [0.1, 0.15) is 45.2 Å². The molecule has 19 heavy (non-hydrogen) atoms. The largest absolute Gasteiger partial charge is 0.454 e. The Bertz CT molecular complexity index is 459. The van der Waals surface area contributed by atoms with E-state index in [-0.39, 0.29) is 24.7 Å². The van der Waals surface area contributed by atoms with Crippen molar-refractivity contribution in [1.29, 1.82) is 0 Å². The van der Waals surface area contributed by atoms with Gasteiger partial charge in [-0.3, -0.25) is 4.79 Å². The van der Waals surface area contributed by atoms with Crippen molar-refractivity contribution in [3.63, 3.8) is 0 Å². The van der Waals surface area contributed by atoms with Crippen molar-refractivity contribution in [1.82, 2.24) is 5.32 Å². The highest BCUT2D eigenvalue weighted by Gasteiger charge is 2.18. The van der Waals surface area contributed by atoms with Gasteiger partial charge in [0.2, 0.25) is 12.7 Å². The number of amides is 1. The molecule has 0 spiro atoms. The highest BCUT2D eigenvalue weighted by molar-refractivity contribution is 5.78. The first-order chi connectivity index (χ1) is 9.11. The van der Waals surface area contributed by atoms with Crippen molar-refractivity contribution in [3.05, 3.63) is 23.8 Å². The van der Waals surface area contributed by atoms with Crippen LogP contribution in [0.3, 0.4) is 0 Å². The highest BCUT2D eigenvalue weighted by Crippen LogP contribution is 2.34. The Labute approximate surface area is 114 Å². The fourth-order valence-corrected chi connectivity index (χ4v) is 2.19. The predicted octanol–water partition coefficient (Wildman–Crippen LogP) is 3.03. The van der Waals surface area contributed by atoms with Crippen LogP contribution in [0, 0.1) is 5.92 Å². The summed E-state index contributed by atoms with van der Waals surface area (Å²) in [7, 11) is 0. The molecule has 1 aromatic rings. The summed E-state index contributed by atoms with van der Waals surface area (Å²) < 4.78 is 10.6. The zero-order valence-electron chi connectivity index (χ0n) is 11.7. The summed E-state index contributed by atoms with van der Waals surface area (Å²) in [6.45, 7) is 6.30. The lowest BCUT2D eigenvalue weighted by Crippen LogP contribution is -2.31. The third kappa shape index (κ3) is 3.19. The van der Waals surface area contributed by atoms with Crippen molar-refractivity contribution < 1.29 is 14.3 Å². The number of ether oxygens (including phenoxy) is 2. The maximum absolute atomic E-state index is 12.0. The average Bonchev–Trinajstić information content (AvgIpc) is 2.85. The molecule has 1 aromatic carbocycles. The van der Waals surface area contributed by atoms with Gasteiger partial charge in [-0.05, 0) is 31.0 Å². The van der Waals surface area contributed by atoms with Crippen LogP contribution >= 0.6 is 0 Å². The third-order valence-electron chi connectivity index (χ3n) is 3.42. The van der Waals surface area contributed by atoms with E-state index < -0.39 is 0 Å². The summed E-state index contributed by atoms with van der Waals surface area (Å²) in [6.07, 6.45) is 1.94. The van der Waals surface area contributed by atoms with Crippen molar-refractivity contribution in [3.8, 4) is 11.5 Å². The van der Waals surface area contributed by atoms with Gasteiger partial charge in [0.25, 0.3) is 0 Å². The van der Waals surface area contributed by atoms with Crippen LogP contribution in [0.4, 0.5) is 0 Å². The van der Waals surface area contributed by atoms with Crippen LogP contribution in [0.5, 0.6) is 11.5 Å². The molecule has 4 heteroatoms. The molecule has 4 nitrogen and oxygen atoms in total. The minimum absolute atomic E-state index is 0.0266. The van der Waals surface area contributed by atoms with E-state index in [1.54, 1.807) is 0 Å². The Morgan fingerprint density at radius 3 is 2.79 bits per heavy atom. The van der Waals surface area contributed by atoms with E-state index in [0.29, 0.717) is 0 Å². The molecule has 2 atom stereocenters. The molecule has 104 valence electrons. The van der Waals surface area contributed by atoms with Crippen LogP contribution < -0.4 is 14.8 Å². The summed E-state index contributed by atoms with van der Waals surface area (Å²) in [5, 5.41) is 3.04. The molecule has 2 rings (SSSR count). The first kappa shape index (κ1) is 13.7. The Morgan fingerprint density at radius 1 is 1.32 bits per heavy atom. The monoisotopic (exact) mass is 263 g/mol. The van der Waals surface area contributed by atoms with Gasteiger partial charge in [-0.2, -0.15) is 0 Å². The summed E-state index contributed by atoms with van der Waals surface area (Å²) in [4.78, 5) is 12.0. The van der Waals surface area contributed by atoms with Gasteiger partial charge >= 0.3 is 0 Å². The number of hydrogen-bond donors (Lipinski definition) is 1. The summed E-state index contributed by atoms with van der Waals surface area (Å²) in [5.41, 5.74) is 1.03. The summed E-state index contributed by atoms with van der Waals surface area (Å²) >= 11 is 0. The topological polar surface area (TPSA) is 47.6 Å². The second kappa shape index (κ2) is 5.95. The van der Waals surface area contributed by atoms with E-state index in [0.717, 1.165) is 29.9 Å². The van der Waals surface area contributed by atoms with Gasteiger partial charge < -0.3 is 14.8 Å². The Hall–Kier alpha value is -1.71. The van der Waals surface area contributed by atoms with Gasteiger partial charge in [0.05, 0.1) is 6.04 Å². The zero-order valence-corrected chi connectivity index (χ0v) is 11.7. The second-order valence-corrected chi connectivity index (χ2v) is 5.03. The fraction of sp³-hybridized carbons (Fsp3) is 0.533. The SMILES string of the molecule is CCCC(C)C(=O)NC(C)c1ccc2c(c1)OCO2. The maximum atomic E-state index is 12.0. The first-order valence-electron chi connectivity index (χ1n) is 6.81. The molecule has 0 aliphatic carbocycles. The van der Waals surface area contributed by atoms with Crippen LogP contribution in [0.25, 0.3) is 0 Å². The fourth-order valence-electron chi connectivity index (χ4n) is 2.19. The number of benzene rings is 1. The van der Waals surface area contributed by atoms with Crippen molar-refractivity contribution in [2.75, 3.05) is 6.79 Å². The zero-order chi connectivity index (χ0) is 13.8. The number of nitrogens with one attached hydrogen (secondary N) is 1. The number of hydrogen-bond acceptors (Lipinski definition) is 3. The molecule has 1 N–H and O–H groups in total. The molecule has 2 unspecified atom stereocenters. The van der Waals surface area contributed by atoms with Crippen molar-refractivity contribution in [2.24, 2.45) is 5.92 Å². The lowest BCUT2D eigenvalue weighted by molar-refractivity contribution is -0.125. The van der Waals surface area contributed by atoms with Crippen molar-refractivity contribution in [2.45, 2.75) is 39.7 Å². The van der Waals surface area contributed by atoms with Crippen molar-refractivity contribution >= 4 is 5.91 Å². The van der Waals surface area contributed by atoms with E-state index in [2.05, 4.69) is 12.2 Å². The van der Waals surface area contributed by atoms with Crippen LogP contribution in [-0.4, -0.2) is 12.7 Å². The molecule has 1 aliphatic rings. The number of carbonyl (C=O) groups excluding carboxylic acids is 1. The van der Waals surface area contributed by atoms with E-state index >= 15 is 0 Å². The van der Waals surface area contributed by atoms with Gasteiger partial charge in [-0.25, -0.2) is 0 Å². The van der Waals surface area contributed by atoms with Gasteiger partial charge in [0.1, 0.15) is 0 Å². The minimum Gasteiger partial charge on any atom is -0.454 e. The summed E-state index contributed by atoms with van der Waals surface area (Å²) in [6, 6.07) is 5.75. The molecule has 0 saturated carbocycles. The van der Waals surface area contributed by atoms with Gasteiger partial charge in [0, 0.05) is 5.92 Å². The molecule has 0 bridgehead atoms. The average molecular weight is 263 g/mol. The molecule has 0 aromatic heterocycles. The molecule has 0 radical (unpaired) electrons. The van der Waals surface area contributed by atoms with Crippen LogP contribution in [0.2, 0.25) is 0 Å². The van der Waals surface area contributed by atoms with Gasteiger partial charge in [-0.1, -0.05) is 26.3 Å². The molecular formula is C15H21NO3. The van der Waals surface area contributed by atoms with E-state index in [1.165, 1.54) is 0 Å². The Balaban J connectivity index is 2.00. The third-order valence-corrected chi connectivity index (χ3v) is 3.42. The smallest absolute Gasteiger partial charge is 0.231 e. The molecule has 0 fully saturated rings. The van der Waals surface area contributed by atoms with Gasteiger partial charge in [0.15, 0.2) is 11.5 Å². The molecule has 1 aliphatic heterocycles. The second-order valence-electron chi connectivity index (χ2n) is 5.03. The number of fused-ring (bicyclic) bond motifs is 1. The van der Waals surface area contributed by atoms with Crippen LogP contribution in [-0.2, 0) is 4.79 Å².